The molecule has 0 aliphatic carbocycles. The SMILES string of the molecule is CCCCn1c(N)c(N(CCC)C(=O)c2ccccc2F)c(=O)[nH]c1=O. The van der Waals surface area contributed by atoms with E-state index in [9.17, 15) is 18.8 Å². The van der Waals surface area contributed by atoms with E-state index < -0.39 is 23.0 Å². The summed E-state index contributed by atoms with van der Waals surface area (Å²) in [6.45, 7) is 4.25. The van der Waals surface area contributed by atoms with Crippen LogP contribution in [-0.2, 0) is 6.54 Å². The molecule has 1 aromatic carbocycles. The molecule has 1 amide bonds. The van der Waals surface area contributed by atoms with E-state index in [0.717, 1.165) is 11.3 Å². The second kappa shape index (κ2) is 8.46. The zero-order valence-corrected chi connectivity index (χ0v) is 14.9. The number of rotatable bonds is 7. The number of hydrogen-bond acceptors (Lipinski definition) is 4. The summed E-state index contributed by atoms with van der Waals surface area (Å²) in [5.41, 5.74) is 4.39. The van der Waals surface area contributed by atoms with Gasteiger partial charge in [0.1, 0.15) is 11.6 Å². The van der Waals surface area contributed by atoms with E-state index in [1.807, 2.05) is 13.8 Å². The largest absolute Gasteiger partial charge is 0.383 e. The number of amides is 1. The van der Waals surface area contributed by atoms with Crippen LogP contribution < -0.4 is 21.9 Å². The number of carbonyl (C=O) groups is 1. The maximum atomic E-state index is 14.0. The zero-order chi connectivity index (χ0) is 19.3. The number of hydrogen-bond donors (Lipinski definition) is 2. The number of carbonyl (C=O) groups excluding carboxylic acids is 1. The highest BCUT2D eigenvalue weighted by Gasteiger charge is 2.26. The number of nitrogens with one attached hydrogen (secondary N) is 1. The first-order chi connectivity index (χ1) is 12.4. The number of nitrogen functional groups attached to an aromatic ring is 1. The average Bonchev–Trinajstić information content (AvgIpc) is 2.60. The molecule has 2 rings (SSSR count). The van der Waals surface area contributed by atoms with Crippen LogP contribution in [0.25, 0.3) is 0 Å². The van der Waals surface area contributed by atoms with Crippen LogP contribution in [0.5, 0.6) is 0 Å². The smallest absolute Gasteiger partial charge is 0.330 e. The lowest BCUT2D eigenvalue weighted by atomic mass is 10.1. The quantitative estimate of drug-likeness (QED) is 0.788. The number of aromatic nitrogens is 2. The van der Waals surface area contributed by atoms with E-state index in [1.165, 1.54) is 28.8 Å². The van der Waals surface area contributed by atoms with Gasteiger partial charge in [0.25, 0.3) is 11.5 Å². The third-order valence-electron chi connectivity index (χ3n) is 4.02. The monoisotopic (exact) mass is 362 g/mol. The number of benzene rings is 1. The number of aromatic amines is 1. The molecule has 26 heavy (non-hydrogen) atoms. The van der Waals surface area contributed by atoms with Gasteiger partial charge in [-0.3, -0.25) is 19.1 Å². The molecule has 0 radical (unpaired) electrons. The number of nitrogens with two attached hydrogens (primary N) is 1. The molecule has 0 atom stereocenters. The van der Waals surface area contributed by atoms with Gasteiger partial charge in [-0.05, 0) is 25.0 Å². The molecular formula is C18H23FN4O3. The minimum absolute atomic E-state index is 0.0923. The van der Waals surface area contributed by atoms with Gasteiger partial charge in [0, 0.05) is 13.1 Å². The Morgan fingerprint density at radius 3 is 2.54 bits per heavy atom. The van der Waals surface area contributed by atoms with Crippen molar-refractivity contribution in [3.05, 3.63) is 56.5 Å². The van der Waals surface area contributed by atoms with Gasteiger partial charge in [-0.2, -0.15) is 0 Å². The molecular weight excluding hydrogens is 339 g/mol. The highest BCUT2D eigenvalue weighted by atomic mass is 19.1. The molecule has 0 fully saturated rings. The van der Waals surface area contributed by atoms with Gasteiger partial charge in [-0.15, -0.1) is 0 Å². The maximum Gasteiger partial charge on any atom is 0.330 e. The molecule has 8 heteroatoms. The van der Waals surface area contributed by atoms with Crippen LogP contribution in [-0.4, -0.2) is 22.0 Å². The number of anilines is 2. The lowest BCUT2D eigenvalue weighted by Gasteiger charge is -2.24. The summed E-state index contributed by atoms with van der Waals surface area (Å²) in [6.07, 6.45) is 2.03. The van der Waals surface area contributed by atoms with Crippen LogP contribution in [0.2, 0.25) is 0 Å². The fourth-order valence-electron chi connectivity index (χ4n) is 2.69. The van der Waals surface area contributed by atoms with Gasteiger partial charge in [0.05, 0.1) is 5.56 Å². The molecule has 0 spiro atoms. The van der Waals surface area contributed by atoms with Crippen LogP contribution in [0.1, 0.15) is 43.5 Å². The molecule has 7 nitrogen and oxygen atoms in total. The van der Waals surface area contributed by atoms with Crippen molar-refractivity contribution in [1.29, 1.82) is 0 Å². The highest BCUT2D eigenvalue weighted by molar-refractivity contribution is 6.07. The summed E-state index contributed by atoms with van der Waals surface area (Å²) in [7, 11) is 0. The number of nitrogens with zero attached hydrogens (tertiary/aromatic N) is 2. The first kappa shape index (κ1) is 19.4. The van der Waals surface area contributed by atoms with Gasteiger partial charge >= 0.3 is 5.69 Å². The topological polar surface area (TPSA) is 101 Å². The number of unbranched alkanes of at least 4 members (excludes halogenated alkanes) is 1. The minimum atomic E-state index is -0.765. The highest BCUT2D eigenvalue weighted by Crippen LogP contribution is 2.21. The number of halogens is 1. The van der Waals surface area contributed by atoms with Crippen molar-refractivity contribution in [3.8, 4) is 0 Å². The fourth-order valence-corrected chi connectivity index (χ4v) is 2.69. The predicted octanol–water partition coefficient (Wildman–Crippen LogP) is 2.11. The second-order valence-corrected chi connectivity index (χ2v) is 5.93. The van der Waals surface area contributed by atoms with Crippen LogP contribution in [0.4, 0.5) is 15.9 Å². The minimum Gasteiger partial charge on any atom is -0.383 e. The first-order valence-corrected chi connectivity index (χ1v) is 8.61. The van der Waals surface area contributed by atoms with Crippen molar-refractivity contribution in [2.45, 2.75) is 39.7 Å². The molecule has 2 aromatic rings. The van der Waals surface area contributed by atoms with E-state index in [1.54, 1.807) is 0 Å². The molecule has 3 N–H and O–H groups in total. The molecule has 1 heterocycles. The van der Waals surface area contributed by atoms with Crippen molar-refractivity contribution in [2.75, 3.05) is 17.2 Å². The lowest BCUT2D eigenvalue weighted by Crippen LogP contribution is -2.41. The summed E-state index contributed by atoms with van der Waals surface area (Å²) in [5.74, 6) is -1.46. The van der Waals surface area contributed by atoms with Gasteiger partial charge in [0.15, 0.2) is 5.69 Å². The summed E-state index contributed by atoms with van der Waals surface area (Å²) in [4.78, 5) is 40.6. The van der Waals surface area contributed by atoms with Gasteiger partial charge in [-0.25, -0.2) is 9.18 Å². The van der Waals surface area contributed by atoms with Gasteiger partial charge < -0.3 is 10.6 Å². The molecule has 140 valence electrons. The Kier molecular flexibility index (Phi) is 6.32. The van der Waals surface area contributed by atoms with Crippen LogP contribution in [0.15, 0.2) is 33.9 Å². The fraction of sp³-hybridized carbons (Fsp3) is 0.389. The summed E-state index contributed by atoms with van der Waals surface area (Å²) >= 11 is 0. The molecule has 1 aromatic heterocycles. The van der Waals surface area contributed by atoms with Gasteiger partial charge in [-0.1, -0.05) is 32.4 Å². The third kappa shape index (κ3) is 3.84. The van der Waals surface area contributed by atoms with E-state index in [-0.39, 0.29) is 23.6 Å². The van der Waals surface area contributed by atoms with Crippen molar-refractivity contribution >= 4 is 17.4 Å². The van der Waals surface area contributed by atoms with E-state index in [2.05, 4.69) is 4.98 Å². The molecule has 0 aliphatic heterocycles. The van der Waals surface area contributed by atoms with Crippen molar-refractivity contribution in [1.82, 2.24) is 9.55 Å². The predicted molar refractivity (Wildman–Crippen MR) is 99.0 cm³/mol. The van der Waals surface area contributed by atoms with Crippen LogP contribution >= 0.6 is 0 Å². The Bertz CT molecular complexity index is 904. The third-order valence-corrected chi connectivity index (χ3v) is 4.02. The Morgan fingerprint density at radius 2 is 1.92 bits per heavy atom. The van der Waals surface area contributed by atoms with E-state index in [0.29, 0.717) is 19.4 Å². The normalized spacial score (nSPS) is 10.7. The Balaban J connectivity index is 2.60. The lowest BCUT2D eigenvalue weighted by molar-refractivity contribution is 0.0982. The number of H-pyrrole nitrogens is 1. The summed E-state index contributed by atoms with van der Waals surface area (Å²) < 4.78 is 15.3. The van der Waals surface area contributed by atoms with E-state index >= 15 is 0 Å². The maximum absolute atomic E-state index is 14.0. The van der Waals surface area contributed by atoms with Crippen molar-refractivity contribution in [2.24, 2.45) is 0 Å². The molecule has 0 saturated carbocycles. The summed E-state index contributed by atoms with van der Waals surface area (Å²) in [6, 6.07) is 5.53. The average molecular weight is 362 g/mol. The first-order valence-electron chi connectivity index (χ1n) is 8.61. The van der Waals surface area contributed by atoms with Crippen LogP contribution in [0.3, 0.4) is 0 Å². The van der Waals surface area contributed by atoms with Crippen LogP contribution in [0, 0.1) is 5.82 Å². The van der Waals surface area contributed by atoms with Crippen molar-refractivity contribution < 1.29 is 9.18 Å². The Morgan fingerprint density at radius 1 is 1.23 bits per heavy atom. The second-order valence-electron chi connectivity index (χ2n) is 5.93. The van der Waals surface area contributed by atoms with Gasteiger partial charge in [0.2, 0.25) is 0 Å². The molecule has 0 unspecified atom stereocenters. The Labute approximate surface area is 150 Å². The molecule has 0 aliphatic rings. The molecule has 0 bridgehead atoms. The summed E-state index contributed by atoms with van der Waals surface area (Å²) in [5, 5.41) is 0. The van der Waals surface area contributed by atoms with Crippen molar-refractivity contribution in [3.63, 3.8) is 0 Å². The Hall–Kier alpha value is -2.90. The zero-order valence-electron chi connectivity index (χ0n) is 14.9. The standard InChI is InChI=1S/C18H23FN4O3/c1-3-5-11-23-15(20)14(16(24)21-18(23)26)22(10-4-2)17(25)12-8-6-7-9-13(12)19/h6-9H,3-5,10-11,20H2,1-2H3,(H,21,24,26). The molecule has 0 saturated heterocycles. The van der Waals surface area contributed by atoms with E-state index in [4.69, 9.17) is 5.73 Å².